The quantitative estimate of drug-likeness (QED) is 0.368. The second kappa shape index (κ2) is 7.60. The molecule has 0 N–H and O–H groups in total. The van der Waals surface area contributed by atoms with Crippen molar-refractivity contribution in [3.63, 3.8) is 0 Å². The third-order valence-electron chi connectivity index (χ3n) is 1.56. The van der Waals surface area contributed by atoms with E-state index in [4.69, 9.17) is 0 Å². The molecule has 0 heterocycles. The Kier molecular flexibility index (Phi) is 7.26. The van der Waals surface area contributed by atoms with E-state index in [1.54, 1.807) is 0 Å². The summed E-state index contributed by atoms with van der Waals surface area (Å²) in [5, 5.41) is 0. The van der Waals surface area contributed by atoms with Crippen molar-refractivity contribution < 1.29 is 33.8 Å². The largest absolute Gasteiger partial charge is 2.00 e. The fourth-order valence-corrected chi connectivity index (χ4v) is 1.17. The fraction of sp³-hybridized carbons (Fsp3) is 0.100. The van der Waals surface area contributed by atoms with Gasteiger partial charge >= 0.3 is 19.5 Å². The minimum atomic E-state index is -0.678. The van der Waals surface area contributed by atoms with E-state index in [2.05, 4.69) is 20.7 Å². The topological polar surface area (TPSA) is 43.4 Å². The maximum Gasteiger partial charge on any atom is 2.00 e. The molecule has 0 unspecified atom stereocenters. The monoisotopic (exact) mass is 318 g/mol. The molecule has 0 spiro atoms. The van der Waals surface area contributed by atoms with Crippen molar-refractivity contribution in [3.8, 4) is 0 Å². The van der Waals surface area contributed by atoms with Gasteiger partial charge in [-0.3, -0.25) is 0 Å². The predicted octanol–water partition coefficient (Wildman–Crippen LogP) is 1.80. The third-order valence-corrected chi connectivity index (χ3v) is 2.09. The molecule has 1 aromatic rings. The van der Waals surface area contributed by atoms with Crippen molar-refractivity contribution in [2.75, 3.05) is 0 Å². The van der Waals surface area contributed by atoms with Gasteiger partial charge in [-0.1, -0.05) is 33.6 Å². The zero-order chi connectivity index (χ0) is 10.4. The molecule has 0 radical (unpaired) electrons. The number of carbonyl (C=O) groups is 1. The Hall–Kier alpha value is -0.667. The molecule has 0 amide bonds. The van der Waals surface area contributed by atoms with E-state index in [1.807, 2.05) is 24.3 Å². The van der Waals surface area contributed by atoms with Crippen LogP contribution in [0.1, 0.15) is 5.56 Å². The Labute approximate surface area is 109 Å². The molecule has 0 aliphatic rings. The summed E-state index contributed by atoms with van der Waals surface area (Å²) in [5.41, 5.74) is 0.969. The number of carbonyl (C=O) groups excluding carboxylic acids is 2. The summed E-state index contributed by atoms with van der Waals surface area (Å²) in [4.78, 5) is 20.4. The summed E-state index contributed by atoms with van der Waals surface area (Å²) in [7, 11) is 0. The summed E-state index contributed by atoms with van der Waals surface area (Å²) < 4.78 is 4.95. The van der Waals surface area contributed by atoms with E-state index in [0.717, 1.165) is 16.5 Å². The van der Waals surface area contributed by atoms with Crippen molar-refractivity contribution >= 4 is 28.4 Å². The van der Waals surface area contributed by atoms with Gasteiger partial charge in [0.1, 0.15) is 0 Å². The van der Waals surface area contributed by atoms with Gasteiger partial charge in [-0.2, -0.15) is 0 Å². The molecule has 0 saturated heterocycles. The normalized spacial score (nSPS) is 8.60. The maximum atomic E-state index is 10.7. The molecule has 0 fully saturated rings. The first-order valence-corrected chi connectivity index (χ1v) is 4.67. The van der Waals surface area contributed by atoms with Gasteiger partial charge in [0.15, 0.2) is 6.47 Å². The molecule has 15 heavy (non-hydrogen) atoms. The van der Waals surface area contributed by atoms with E-state index in [0.29, 0.717) is 6.42 Å². The van der Waals surface area contributed by atoms with E-state index < -0.39 is 5.97 Å². The van der Waals surface area contributed by atoms with Crippen LogP contribution >= 0.6 is 15.9 Å². The molecule has 0 bridgehead atoms. The van der Waals surface area contributed by atoms with Crippen molar-refractivity contribution in [1.82, 2.24) is 0 Å². The van der Waals surface area contributed by atoms with Crippen LogP contribution in [0.5, 0.6) is 0 Å². The molecule has 0 aromatic heterocycles. The van der Waals surface area contributed by atoms with Gasteiger partial charge in [-0.05, 0) is 12.1 Å². The van der Waals surface area contributed by atoms with Gasteiger partial charge in [0.2, 0.25) is 0 Å². The third kappa shape index (κ3) is 5.70. The molecule has 0 aliphatic carbocycles. The SMILES string of the molecule is O=[C-]OC(=O)[CH-]Cc1ccc(Br)cc1.[Zn+2]. The number of halogens is 1. The number of hydrogen-bond donors (Lipinski definition) is 0. The van der Waals surface area contributed by atoms with Gasteiger partial charge in [0, 0.05) is 10.4 Å². The minimum Gasteiger partial charge on any atom is -0.606 e. The van der Waals surface area contributed by atoms with E-state index >= 15 is 0 Å². The summed E-state index contributed by atoms with van der Waals surface area (Å²) >= 11 is 3.30. The van der Waals surface area contributed by atoms with Crippen LogP contribution in [0.3, 0.4) is 0 Å². The van der Waals surface area contributed by atoms with Gasteiger partial charge in [0.25, 0.3) is 0 Å². The minimum absolute atomic E-state index is 0. The number of hydrogen-bond acceptors (Lipinski definition) is 3. The van der Waals surface area contributed by atoms with Crippen molar-refractivity contribution in [2.24, 2.45) is 0 Å². The maximum absolute atomic E-state index is 10.7. The molecule has 0 aliphatic heterocycles. The molecular formula is C10H7BrO3Zn. The van der Waals surface area contributed by atoms with Crippen LogP contribution in [-0.2, 0) is 40.2 Å². The first-order valence-electron chi connectivity index (χ1n) is 3.88. The molecule has 74 valence electrons. The van der Waals surface area contributed by atoms with E-state index in [1.165, 1.54) is 6.42 Å². The van der Waals surface area contributed by atoms with Crippen LogP contribution in [0.2, 0.25) is 0 Å². The molecule has 0 atom stereocenters. The molecule has 3 nitrogen and oxygen atoms in total. The van der Waals surface area contributed by atoms with Crippen molar-refractivity contribution in [2.45, 2.75) is 6.42 Å². The van der Waals surface area contributed by atoms with Crippen LogP contribution in [0, 0.1) is 6.42 Å². The van der Waals surface area contributed by atoms with Crippen LogP contribution in [0.15, 0.2) is 28.7 Å². The van der Waals surface area contributed by atoms with Crippen LogP contribution in [0.4, 0.5) is 0 Å². The Morgan fingerprint density at radius 3 is 2.53 bits per heavy atom. The first kappa shape index (κ1) is 14.3. The summed E-state index contributed by atoms with van der Waals surface area (Å²) in [5.74, 6) is -0.678. The number of esters is 1. The van der Waals surface area contributed by atoms with Crippen molar-refractivity contribution in [1.29, 1.82) is 0 Å². The van der Waals surface area contributed by atoms with Crippen molar-refractivity contribution in [3.05, 3.63) is 40.7 Å². The number of rotatable bonds is 4. The average Bonchev–Trinajstić information content (AvgIpc) is 2.17. The summed E-state index contributed by atoms with van der Waals surface area (Å²) in [6.45, 7) is 1.07. The Morgan fingerprint density at radius 2 is 2.00 bits per heavy atom. The standard InChI is InChI=1S/C10H7BrO3.Zn/c11-9-4-1-8(2-5-9)3-6-10(13)14-7-12;/h1-2,4-6H,3H2;/q-2;+2. The smallest absolute Gasteiger partial charge is 0.606 e. The molecule has 5 heteroatoms. The Morgan fingerprint density at radius 1 is 1.40 bits per heavy atom. The first-order chi connectivity index (χ1) is 6.72. The number of ether oxygens (including phenoxy) is 1. The second-order valence-corrected chi connectivity index (χ2v) is 3.45. The molecule has 1 rings (SSSR count). The van der Waals surface area contributed by atoms with Gasteiger partial charge in [-0.15, -0.1) is 6.42 Å². The van der Waals surface area contributed by atoms with E-state index in [9.17, 15) is 9.59 Å². The van der Waals surface area contributed by atoms with Gasteiger partial charge in [0.05, 0.1) is 0 Å². The zero-order valence-corrected chi connectivity index (χ0v) is 12.5. The Bertz CT molecular complexity index is 324. The predicted molar refractivity (Wildman–Crippen MR) is 53.9 cm³/mol. The summed E-state index contributed by atoms with van der Waals surface area (Å²) in [6, 6.07) is 7.50. The summed E-state index contributed by atoms with van der Waals surface area (Å²) in [6.07, 6.45) is 1.72. The van der Waals surface area contributed by atoms with Crippen LogP contribution in [-0.4, -0.2) is 12.4 Å². The average molecular weight is 320 g/mol. The van der Waals surface area contributed by atoms with E-state index in [-0.39, 0.29) is 19.5 Å². The van der Waals surface area contributed by atoms with Crippen LogP contribution in [0.25, 0.3) is 0 Å². The molecule has 0 saturated carbocycles. The Balaban J connectivity index is 0.00000196. The van der Waals surface area contributed by atoms with Gasteiger partial charge < -0.3 is 20.7 Å². The zero-order valence-electron chi connectivity index (χ0n) is 7.90. The molecular weight excluding hydrogens is 313 g/mol. The molecule has 1 aromatic carbocycles. The second-order valence-electron chi connectivity index (χ2n) is 2.54. The fourth-order valence-electron chi connectivity index (χ4n) is 0.904. The van der Waals surface area contributed by atoms with Crippen LogP contribution < -0.4 is 0 Å². The van der Waals surface area contributed by atoms with Gasteiger partial charge in [-0.25, -0.2) is 0 Å². The number of benzene rings is 1.